The zero-order chi connectivity index (χ0) is 38.2. The van der Waals surface area contributed by atoms with Gasteiger partial charge in [0.2, 0.25) is 11.8 Å². The van der Waals surface area contributed by atoms with Crippen LogP contribution in [0.3, 0.4) is 0 Å². The number of hydrogen-bond acceptors (Lipinski definition) is 5. The van der Waals surface area contributed by atoms with Crippen LogP contribution in [0.5, 0.6) is 0 Å². The standard InChI is InChI=1S/C45H86N2O5/c1-5-7-9-11-13-15-17-19-21-23-25-27-29-31-33-35-37-52-42(49)40(38-46-43(50)44(3)39-45(44,4)51)47-41(48)36-34-32-30-28-26-24-22-20-18-16-14-12-10-8-6-2/h40,51H,5-39H2,1-4H3,(H,46,50)(H,47,48). The maximum atomic E-state index is 13.0. The summed E-state index contributed by atoms with van der Waals surface area (Å²) in [6.45, 7) is 8.20. The van der Waals surface area contributed by atoms with Crippen LogP contribution in [0, 0.1) is 5.41 Å². The fraction of sp³-hybridized carbons (Fsp3) is 0.933. The number of nitrogens with one attached hydrogen (secondary N) is 2. The molecule has 1 aliphatic rings. The van der Waals surface area contributed by atoms with E-state index in [1.54, 1.807) is 13.8 Å². The average molecular weight is 735 g/mol. The van der Waals surface area contributed by atoms with E-state index in [-0.39, 0.29) is 18.4 Å². The molecule has 1 saturated carbocycles. The Morgan fingerprint density at radius 1 is 0.558 bits per heavy atom. The van der Waals surface area contributed by atoms with E-state index in [0.29, 0.717) is 19.4 Å². The molecule has 0 saturated heterocycles. The lowest BCUT2D eigenvalue weighted by Gasteiger charge is -2.20. The number of carbonyl (C=O) groups excluding carboxylic acids is 3. The van der Waals surface area contributed by atoms with Crippen LogP contribution in [-0.2, 0) is 19.1 Å². The Balaban J connectivity index is 2.19. The van der Waals surface area contributed by atoms with E-state index in [0.717, 1.165) is 38.5 Å². The van der Waals surface area contributed by atoms with Gasteiger partial charge in [-0.3, -0.25) is 9.59 Å². The SMILES string of the molecule is CCCCCCCCCCCCCCCCCCOC(=O)C(CNC(=O)C1(C)CC1(C)O)NC(=O)CCCCCCCCCCCCCCCCC. The van der Waals surface area contributed by atoms with Crippen LogP contribution in [0.2, 0.25) is 0 Å². The summed E-state index contributed by atoms with van der Waals surface area (Å²) in [6.07, 6.45) is 40.4. The van der Waals surface area contributed by atoms with E-state index in [4.69, 9.17) is 4.74 Å². The average Bonchev–Trinajstić information content (AvgIpc) is 3.66. The first-order chi connectivity index (χ1) is 25.2. The molecule has 0 aromatic rings. The fourth-order valence-corrected chi connectivity index (χ4v) is 7.40. The van der Waals surface area contributed by atoms with E-state index in [2.05, 4.69) is 24.5 Å². The van der Waals surface area contributed by atoms with Crippen LogP contribution in [0.25, 0.3) is 0 Å². The van der Waals surface area contributed by atoms with Crippen molar-refractivity contribution in [3.8, 4) is 0 Å². The monoisotopic (exact) mass is 735 g/mol. The Hall–Kier alpha value is -1.63. The van der Waals surface area contributed by atoms with Gasteiger partial charge in [-0.1, -0.05) is 200 Å². The Morgan fingerprint density at radius 2 is 0.885 bits per heavy atom. The van der Waals surface area contributed by atoms with Gasteiger partial charge in [0.1, 0.15) is 6.04 Å². The van der Waals surface area contributed by atoms with E-state index in [9.17, 15) is 19.5 Å². The maximum Gasteiger partial charge on any atom is 0.330 e. The maximum absolute atomic E-state index is 13.0. The van der Waals surface area contributed by atoms with Crippen molar-refractivity contribution in [2.24, 2.45) is 5.41 Å². The number of rotatable bonds is 38. The van der Waals surface area contributed by atoms with Gasteiger partial charge in [-0.2, -0.15) is 0 Å². The first kappa shape index (κ1) is 48.4. The molecule has 1 fully saturated rings. The second-order valence-corrected chi connectivity index (χ2v) is 16.8. The lowest BCUT2D eigenvalue weighted by molar-refractivity contribution is -0.148. The normalized spacial score (nSPS) is 18.6. The Morgan fingerprint density at radius 3 is 1.23 bits per heavy atom. The first-order valence-corrected chi connectivity index (χ1v) is 22.6. The van der Waals surface area contributed by atoms with Crippen molar-refractivity contribution >= 4 is 17.8 Å². The summed E-state index contributed by atoms with van der Waals surface area (Å²) < 4.78 is 5.58. The van der Waals surface area contributed by atoms with Crippen molar-refractivity contribution in [1.29, 1.82) is 0 Å². The minimum absolute atomic E-state index is 0.0348. The molecule has 3 N–H and O–H groups in total. The van der Waals surface area contributed by atoms with Crippen molar-refractivity contribution < 1.29 is 24.2 Å². The molecule has 3 atom stereocenters. The number of carbonyl (C=O) groups is 3. The van der Waals surface area contributed by atoms with Crippen LogP contribution < -0.4 is 10.6 Å². The molecule has 0 aromatic heterocycles. The van der Waals surface area contributed by atoms with Crippen molar-refractivity contribution in [2.75, 3.05) is 13.2 Å². The molecule has 306 valence electrons. The van der Waals surface area contributed by atoms with Crippen molar-refractivity contribution in [3.05, 3.63) is 0 Å². The summed E-state index contributed by atoms with van der Waals surface area (Å²) in [6, 6.07) is -0.929. The van der Waals surface area contributed by atoms with Crippen LogP contribution in [0.4, 0.5) is 0 Å². The molecule has 0 aliphatic heterocycles. The van der Waals surface area contributed by atoms with E-state index < -0.39 is 23.0 Å². The van der Waals surface area contributed by atoms with Gasteiger partial charge < -0.3 is 20.5 Å². The van der Waals surface area contributed by atoms with Gasteiger partial charge in [0.15, 0.2) is 0 Å². The van der Waals surface area contributed by atoms with Crippen molar-refractivity contribution in [3.63, 3.8) is 0 Å². The minimum atomic E-state index is -1.04. The highest BCUT2D eigenvalue weighted by atomic mass is 16.5. The highest BCUT2D eigenvalue weighted by Gasteiger charge is 2.65. The van der Waals surface area contributed by atoms with E-state index >= 15 is 0 Å². The van der Waals surface area contributed by atoms with Gasteiger partial charge in [0, 0.05) is 13.0 Å². The molecule has 7 heteroatoms. The number of amides is 2. The second kappa shape index (κ2) is 31.7. The molecule has 0 radical (unpaired) electrons. The molecule has 0 aromatic carbocycles. The molecule has 3 unspecified atom stereocenters. The smallest absolute Gasteiger partial charge is 0.330 e. The van der Waals surface area contributed by atoms with E-state index in [1.807, 2.05) is 0 Å². The summed E-state index contributed by atoms with van der Waals surface area (Å²) >= 11 is 0. The molecule has 0 spiro atoms. The first-order valence-electron chi connectivity index (χ1n) is 22.6. The molecule has 1 aliphatic carbocycles. The summed E-state index contributed by atoms with van der Waals surface area (Å²) in [7, 11) is 0. The number of ether oxygens (including phenoxy) is 1. The second-order valence-electron chi connectivity index (χ2n) is 16.8. The van der Waals surface area contributed by atoms with Crippen LogP contribution in [-0.4, -0.2) is 47.7 Å². The molecule has 1 rings (SSSR count). The molecular weight excluding hydrogens is 649 g/mol. The zero-order valence-electron chi connectivity index (χ0n) is 34.9. The van der Waals surface area contributed by atoms with Gasteiger partial charge in [-0.05, 0) is 33.1 Å². The lowest BCUT2D eigenvalue weighted by Crippen LogP contribution is -2.50. The summed E-state index contributed by atoms with van der Waals surface area (Å²) in [5.41, 5.74) is -1.91. The molecule has 7 nitrogen and oxygen atoms in total. The summed E-state index contributed by atoms with van der Waals surface area (Å²) in [5, 5.41) is 15.9. The third-order valence-electron chi connectivity index (χ3n) is 11.6. The lowest BCUT2D eigenvalue weighted by atomic mass is 10.0. The number of aliphatic hydroxyl groups is 1. The molecule has 0 heterocycles. The predicted octanol–water partition coefficient (Wildman–Crippen LogP) is 11.8. The minimum Gasteiger partial charge on any atom is -0.464 e. The predicted molar refractivity (Wildman–Crippen MR) is 218 cm³/mol. The highest BCUT2D eigenvalue weighted by Crippen LogP contribution is 2.55. The topological polar surface area (TPSA) is 105 Å². The van der Waals surface area contributed by atoms with E-state index in [1.165, 1.54) is 161 Å². The van der Waals surface area contributed by atoms with Crippen molar-refractivity contribution in [2.45, 2.75) is 251 Å². The third kappa shape index (κ3) is 24.6. The number of hydrogen-bond donors (Lipinski definition) is 3. The number of esters is 1. The molecular formula is C45H86N2O5. The molecule has 2 amide bonds. The van der Waals surface area contributed by atoms with Crippen LogP contribution in [0.15, 0.2) is 0 Å². The molecule has 52 heavy (non-hydrogen) atoms. The van der Waals surface area contributed by atoms with Crippen LogP contribution in [0.1, 0.15) is 240 Å². The third-order valence-corrected chi connectivity index (χ3v) is 11.6. The highest BCUT2D eigenvalue weighted by molar-refractivity contribution is 5.89. The number of unbranched alkanes of at least 4 members (excludes halogenated alkanes) is 29. The van der Waals surface area contributed by atoms with Gasteiger partial charge in [-0.25, -0.2) is 4.79 Å². The largest absolute Gasteiger partial charge is 0.464 e. The molecule has 0 bridgehead atoms. The quantitative estimate of drug-likeness (QED) is 0.0433. The van der Waals surface area contributed by atoms with Gasteiger partial charge in [0.05, 0.1) is 17.6 Å². The zero-order valence-corrected chi connectivity index (χ0v) is 34.9. The van der Waals surface area contributed by atoms with Crippen molar-refractivity contribution in [1.82, 2.24) is 10.6 Å². The Kier molecular flexibility index (Phi) is 29.5. The summed E-state index contributed by atoms with van der Waals surface area (Å²) in [4.78, 5) is 38.6. The fourth-order valence-electron chi connectivity index (χ4n) is 7.40. The Bertz CT molecular complexity index is 893. The Labute approximate surface area is 321 Å². The van der Waals surface area contributed by atoms with Crippen LogP contribution >= 0.6 is 0 Å². The van der Waals surface area contributed by atoms with Gasteiger partial charge in [0.25, 0.3) is 0 Å². The van der Waals surface area contributed by atoms with Gasteiger partial charge in [-0.15, -0.1) is 0 Å². The summed E-state index contributed by atoms with van der Waals surface area (Å²) in [5.74, 6) is -0.985. The van der Waals surface area contributed by atoms with Gasteiger partial charge >= 0.3 is 5.97 Å².